The number of carbonyl (C=O) groups is 3. The number of carbonyl (C=O) groups excluding carboxylic acids is 2. The average Bonchev–Trinajstić information content (AvgIpc) is 3.32. The minimum absolute atomic E-state index is 0.0277. The first-order valence-corrected chi connectivity index (χ1v) is 9.77. The number of carboxylic acid groups (broad SMARTS) is 1. The Hall–Kier alpha value is -2.22. The maximum absolute atomic E-state index is 12.7. The van der Waals surface area contributed by atoms with E-state index in [4.69, 9.17) is 9.84 Å². The van der Waals surface area contributed by atoms with Crippen LogP contribution in [0.15, 0.2) is 18.2 Å². The first-order valence-electron chi connectivity index (χ1n) is 8.61. The number of methoxy groups -OCH3 is 1. The molecule has 8 heteroatoms. The summed E-state index contributed by atoms with van der Waals surface area (Å²) in [4.78, 5) is 38.2. The third-order valence-electron chi connectivity index (χ3n) is 4.87. The number of nitrogens with one attached hydrogen (secondary N) is 1. The SMILES string of the molecule is COc1cc(NC(=O)C2CSCN2C(=O)C2CCCC2)ccc1C(=O)O. The summed E-state index contributed by atoms with van der Waals surface area (Å²) < 4.78 is 5.08. The van der Waals surface area contributed by atoms with Crippen LogP contribution < -0.4 is 10.1 Å². The van der Waals surface area contributed by atoms with Crippen LogP contribution in [0.1, 0.15) is 36.0 Å². The number of amides is 2. The fourth-order valence-corrected chi connectivity index (χ4v) is 4.62. The Kier molecular flexibility index (Phi) is 5.70. The molecule has 7 nitrogen and oxygen atoms in total. The number of aromatic carboxylic acids is 1. The summed E-state index contributed by atoms with van der Waals surface area (Å²) >= 11 is 1.57. The van der Waals surface area contributed by atoms with Gasteiger partial charge in [-0.3, -0.25) is 9.59 Å². The summed E-state index contributed by atoms with van der Waals surface area (Å²) in [5.74, 6) is 0.0377. The third-order valence-corrected chi connectivity index (χ3v) is 5.88. The highest BCUT2D eigenvalue weighted by atomic mass is 32.2. The lowest BCUT2D eigenvalue weighted by Gasteiger charge is -2.25. The van der Waals surface area contributed by atoms with Gasteiger partial charge >= 0.3 is 5.97 Å². The topological polar surface area (TPSA) is 95.9 Å². The van der Waals surface area contributed by atoms with E-state index in [-0.39, 0.29) is 29.0 Å². The first-order chi connectivity index (χ1) is 12.5. The second-order valence-corrected chi connectivity index (χ2v) is 7.51. The normalized spacial score (nSPS) is 20.2. The van der Waals surface area contributed by atoms with Crippen molar-refractivity contribution in [1.29, 1.82) is 0 Å². The molecule has 0 bridgehead atoms. The molecule has 2 fully saturated rings. The van der Waals surface area contributed by atoms with E-state index < -0.39 is 12.0 Å². The van der Waals surface area contributed by atoms with Crippen LogP contribution in [0.25, 0.3) is 0 Å². The zero-order chi connectivity index (χ0) is 18.7. The number of anilines is 1. The molecule has 2 amide bonds. The molecular formula is C18H22N2O5S. The van der Waals surface area contributed by atoms with Crippen molar-refractivity contribution in [1.82, 2.24) is 4.90 Å². The summed E-state index contributed by atoms with van der Waals surface area (Å²) in [7, 11) is 1.38. The van der Waals surface area contributed by atoms with Gasteiger partial charge in [0.05, 0.1) is 13.0 Å². The van der Waals surface area contributed by atoms with E-state index in [0.717, 1.165) is 25.7 Å². The molecule has 1 aliphatic carbocycles. The van der Waals surface area contributed by atoms with Crippen molar-refractivity contribution >= 4 is 35.2 Å². The van der Waals surface area contributed by atoms with Gasteiger partial charge in [-0.25, -0.2) is 4.79 Å². The summed E-state index contributed by atoms with van der Waals surface area (Å²) in [5.41, 5.74) is 0.474. The van der Waals surface area contributed by atoms with Crippen LogP contribution in [0.3, 0.4) is 0 Å². The monoisotopic (exact) mass is 378 g/mol. The Morgan fingerprint density at radius 2 is 2.00 bits per heavy atom. The molecule has 2 aliphatic rings. The van der Waals surface area contributed by atoms with Crippen molar-refractivity contribution in [3.63, 3.8) is 0 Å². The van der Waals surface area contributed by atoms with E-state index in [1.54, 1.807) is 16.7 Å². The fraction of sp³-hybridized carbons (Fsp3) is 0.500. The Morgan fingerprint density at radius 3 is 2.65 bits per heavy atom. The fourth-order valence-electron chi connectivity index (χ4n) is 3.46. The van der Waals surface area contributed by atoms with E-state index >= 15 is 0 Å². The van der Waals surface area contributed by atoms with Gasteiger partial charge in [-0.05, 0) is 25.0 Å². The van der Waals surface area contributed by atoms with Gasteiger partial charge in [0.2, 0.25) is 11.8 Å². The lowest BCUT2D eigenvalue weighted by Crippen LogP contribution is -2.46. The van der Waals surface area contributed by atoms with Gasteiger partial charge in [0.25, 0.3) is 0 Å². The quantitative estimate of drug-likeness (QED) is 0.817. The highest BCUT2D eigenvalue weighted by molar-refractivity contribution is 7.99. The van der Waals surface area contributed by atoms with Crippen molar-refractivity contribution in [3.05, 3.63) is 23.8 Å². The maximum atomic E-state index is 12.7. The summed E-state index contributed by atoms with van der Waals surface area (Å²) in [5, 5.41) is 11.9. The lowest BCUT2D eigenvalue weighted by atomic mass is 10.1. The Bertz CT molecular complexity index is 718. The van der Waals surface area contributed by atoms with Gasteiger partial charge in [-0.1, -0.05) is 12.8 Å². The van der Waals surface area contributed by atoms with E-state index in [1.165, 1.54) is 25.3 Å². The van der Waals surface area contributed by atoms with Gasteiger partial charge in [0, 0.05) is 23.4 Å². The van der Waals surface area contributed by atoms with Crippen LogP contribution in [-0.4, -0.2) is 52.6 Å². The largest absolute Gasteiger partial charge is 0.496 e. The smallest absolute Gasteiger partial charge is 0.339 e. The highest BCUT2D eigenvalue weighted by Crippen LogP contribution is 2.31. The molecule has 0 radical (unpaired) electrons. The van der Waals surface area contributed by atoms with Crippen molar-refractivity contribution in [2.24, 2.45) is 5.92 Å². The lowest BCUT2D eigenvalue weighted by molar-refractivity contribution is -0.139. The van der Waals surface area contributed by atoms with Gasteiger partial charge in [0.1, 0.15) is 17.4 Å². The molecule has 1 heterocycles. The number of carboxylic acids is 1. The summed E-state index contributed by atoms with van der Waals surface area (Å²) in [6.07, 6.45) is 3.96. The molecule has 1 aliphatic heterocycles. The predicted molar refractivity (Wildman–Crippen MR) is 98.5 cm³/mol. The molecule has 1 aromatic carbocycles. The predicted octanol–water partition coefficient (Wildman–Crippen LogP) is 2.42. The molecule has 1 saturated heterocycles. The van der Waals surface area contributed by atoms with E-state index in [1.807, 2.05) is 0 Å². The number of thioether (sulfide) groups is 1. The van der Waals surface area contributed by atoms with Crippen molar-refractivity contribution in [2.45, 2.75) is 31.7 Å². The van der Waals surface area contributed by atoms with Crippen molar-refractivity contribution in [3.8, 4) is 5.75 Å². The van der Waals surface area contributed by atoms with Crippen molar-refractivity contribution in [2.75, 3.05) is 24.1 Å². The molecule has 140 valence electrons. The molecule has 1 atom stereocenters. The third kappa shape index (κ3) is 3.80. The number of hydrogen-bond acceptors (Lipinski definition) is 5. The second-order valence-electron chi connectivity index (χ2n) is 6.51. The van der Waals surface area contributed by atoms with Gasteiger partial charge < -0.3 is 20.1 Å². The van der Waals surface area contributed by atoms with E-state index in [9.17, 15) is 14.4 Å². The molecule has 3 rings (SSSR count). The summed E-state index contributed by atoms with van der Waals surface area (Å²) in [6.45, 7) is 0. The molecule has 0 aromatic heterocycles. The maximum Gasteiger partial charge on any atom is 0.339 e. The Labute approximate surface area is 156 Å². The molecule has 1 saturated carbocycles. The number of nitrogens with zero attached hydrogens (tertiary/aromatic N) is 1. The zero-order valence-corrected chi connectivity index (χ0v) is 15.4. The number of ether oxygens (including phenoxy) is 1. The van der Waals surface area contributed by atoms with E-state index in [0.29, 0.717) is 17.3 Å². The second kappa shape index (κ2) is 7.99. The van der Waals surface area contributed by atoms with Gasteiger partial charge in [0.15, 0.2) is 0 Å². The van der Waals surface area contributed by atoms with Crippen LogP contribution in [0.4, 0.5) is 5.69 Å². The molecule has 0 spiro atoms. The van der Waals surface area contributed by atoms with E-state index in [2.05, 4.69) is 5.32 Å². The van der Waals surface area contributed by atoms with Gasteiger partial charge in [-0.15, -0.1) is 11.8 Å². The Balaban J connectivity index is 1.70. The highest BCUT2D eigenvalue weighted by Gasteiger charge is 2.38. The standard InChI is InChI=1S/C18H22N2O5S/c1-25-15-8-12(6-7-13(15)18(23)24)19-16(21)14-9-26-10-20(14)17(22)11-4-2-3-5-11/h6-8,11,14H,2-5,9-10H2,1H3,(H,19,21)(H,23,24). The minimum atomic E-state index is -1.10. The number of rotatable bonds is 5. The summed E-state index contributed by atoms with van der Waals surface area (Å²) in [6, 6.07) is 3.89. The van der Waals surface area contributed by atoms with Gasteiger partial charge in [-0.2, -0.15) is 0 Å². The molecule has 26 heavy (non-hydrogen) atoms. The first kappa shape index (κ1) is 18.6. The molecule has 2 N–H and O–H groups in total. The Morgan fingerprint density at radius 1 is 1.27 bits per heavy atom. The number of hydrogen-bond donors (Lipinski definition) is 2. The van der Waals surface area contributed by atoms with Crippen LogP contribution >= 0.6 is 11.8 Å². The molecule has 1 aromatic rings. The van der Waals surface area contributed by atoms with Crippen LogP contribution in [0, 0.1) is 5.92 Å². The average molecular weight is 378 g/mol. The van der Waals surface area contributed by atoms with Crippen LogP contribution in [-0.2, 0) is 9.59 Å². The van der Waals surface area contributed by atoms with Crippen LogP contribution in [0.2, 0.25) is 0 Å². The molecule has 1 unspecified atom stereocenters. The van der Waals surface area contributed by atoms with Crippen LogP contribution in [0.5, 0.6) is 5.75 Å². The number of benzene rings is 1. The minimum Gasteiger partial charge on any atom is -0.496 e. The van der Waals surface area contributed by atoms with Crippen molar-refractivity contribution < 1.29 is 24.2 Å². The zero-order valence-electron chi connectivity index (χ0n) is 14.6. The molecular weight excluding hydrogens is 356 g/mol.